The highest BCUT2D eigenvalue weighted by molar-refractivity contribution is 5.46. The number of hydrogen-bond acceptors (Lipinski definition) is 6. The zero-order valence-corrected chi connectivity index (χ0v) is 9.85. The van der Waals surface area contributed by atoms with Crippen molar-refractivity contribution < 1.29 is 15.3 Å². The third-order valence-electron chi connectivity index (χ3n) is 2.41. The molecule has 1 rings (SSSR count). The van der Waals surface area contributed by atoms with E-state index in [1.54, 1.807) is 12.1 Å². The number of aliphatic hydroxyl groups is 3. The van der Waals surface area contributed by atoms with Gasteiger partial charge in [-0.3, -0.25) is 0 Å². The van der Waals surface area contributed by atoms with Crippen LogP contribution in [0.25, 0.3) is 0 Å². The Balaban J connectivity index is 2.82. The van der Waals surface area contributed by atoms with Crippen LogP contribution in [0.5, 0.6) is 0 Å². The number of hydrogen-bond donors (Lipinski definition) is 5. The molecule has 1 aromatic rings. The van der Waals surface area contributed by atoms with Crippen molar-refractivity contribution in [3.63, 3.8) is 0 Å². The Kier molecular flexibility index (Phi) is 5.14. The molecule has 96 valence electrons. The molecule has 0 aromatic carbocycles. The van der Waals surface area contributed by atoms with Crippen LogP contribution in [-0.2, 0) is 0 Å². The van der Waals surface area contributed by atoms with Gasteiger partial charge in [0.2, 0.25) is 0 Å². The van der Waals surface area contributed by atoms with Crippen molar-refractivity contribution in [2.75, 3.05) is 37.0 Å². The molecule has 1 aromatic heterocycles. The van der Waals surface area contributed by atoms with Crippen LogP contribution in [0, 0.1) is 0 Å². The van der Waals surface area contributed by atoms with Gasteiger partial charge in [0.15, 0.2) is 0 Å². The van der Waals surface area contributed by atoms with E-state index in [1.165, 1.54) is 0 Å². The molecule has 6 nitrogen and oxygen atoms in total. The molecule has 5 N–H and O–H groups in total. The van der Waals surface area contributed by atoms with Gasteiger partial charge in [0, 0.05) is 6.54 Å². The lowest BCUT2D eigenvalue weighted by atomic mass is 10.0. The summed E-state index contributed by atoms with van der Waals surface area (Å²) in [5.74, 6) is 1.18. The highest BCUT2D eigenvalue weighted by Gasteiger charge is 2.28. The fraction of sp³-hybridized carbons (Fsp3) is 0.545. The number of pyridine rings is 1. The molecule has 0 aliphatic carbocycles. The number of nitrogens with zero attached hydrogens (tertiary/aromatic N) is 1. The van der Waals surface area contributed by atoms with Crippen molar-refractivity contribution in [1.29, 1.82) is 0 Å². The Labute approximate surface area is 100 Å². The predicted molar refractivity (Wildman–Crippen MR) is 66.0 cm³/mol. The number of aliphatic hydroxyl groups excluding tert-OH is 3. The smallest absolute Gasteiger partial charge is 0.129 e. The second-order valence-corrected chi connectivity index (χ2v) is 3.82. The molecule has 17 heavy (non-hydrogen) atoms. The van der Waals surface area contributed by atoms with Crippen LogP contribution in [0.3, 0.4) is 0 Å². The quantitative estimate of drug-likeness (QED) is 0.447. The number of nitrogens with one attached hydrogen (secondary N) is 2. The van der Waals surface area contributed by atoms with Crippen LogP contribution in [0.4, 0.5) is 11.6 Å². The summed E-state index contributed by atoms with van der Waals surface area (Å²) < 4.78 is 0. The highest BCUT2D eigenvalue weighted by Crippen LogP contribution is 2.15. The molecule has 6 heteroatoms. The van der Waals surface area contributed by atoms with Gasteiger partial charge >= 0.3 is 0 Å². The molecule has 0 saturated heterocycles. The van der Waals surface area contributed by atoms with Crippen LogP contribution in [0.2, 0.25) is 0 Å². The van der Waals surface area contributed by atoms with Gasteiger partial charge < -0.3 is 26.0 Å². The number of rotatable bonds is 7. The summed E-state index contributed by atoms with van der Waals surface area (Å²) in [5, 5.41) is 33.4. The van der Waals surface area contributed by atoms with Gasteiger partial charge in [-0.1, -0.05) is 6.07 Å². The Bertz CT molecular complexity index is 334. The monoisotopic (exact) mass is 241 g/mol. The Morgan fingerprint density at radius 3 is 2.24 bits per heavy atom. The molecule has 1 heterocycles. The minimum absolute atomic E-state index is 0.382. The van der Waals surface area contributed by atoms with E-state index >= 15 is 0 Å². The summed E-state index contributed by atoms with van der Waals surface area (Å²) in [6.07, 6.45) is 0. The average molecular weight is 241 g/mol. The molecule has 0 fully saturated rings. The SMILES string of the molecule is CCNc1cccc(NC(CO)(CO)CO)n1. The molecule has 0 aliphatic rings. The van der Waals surface area contributed by atoms with Crippen molar-refractivity contribution in [3.8, 4) is 0 Å². The van der Waals surface area contributed by atoms with E-state index in [-0.39, 0.29) is 19.8 Å². The van der Waals surface area contributed by atoms with Gasteiger partial charge in [0.1, 0.15) is 17.2 Å². The first-order chi connectivity index (χ1) is 8.19. The Morgan fingerprint density at radius 1 is 1.12 bits per heavy atom. The van der Waals surface area contributed by atoms with E-state index in [4.69, 9.17) is 0 Å². The van der Waals surface area contributed by atoms with Gasteiger partial charge in [0.25, 0.3) is 0 Å². The summed E-state index contributed by atoms with van der Waals surface area (Å²) in [7, 11) is 0. The van der Waals surface area contributed by atoms with Gasteiger partial charge in [-0.05, 0) is 19.1 Å². The summed E-state index contributed by atoms with van der Waals surface area (Å²) >= 11 is 0. The fourth-order valence-corrected chi connectivity index (χ4v) is 1.32. The predicted octanol–water partition coefficient (Wildman–Crippen LogP) is -0.359. The summed E-state index contributed by atoms with van der Waals surface area (Å²) in [5.41, 5.74) is -1.15. The van der Waals surface area contributed by atoms with Gasteiger partial charge in [-0.15, -0.1) is 0 Å². The summed E-state index contributed by atoms with van der Waals surface area (Å²) in [6.45, 7) is 1.57. The van der Waals surface area contributed by atoms with Crippen molar-refractivity contribution in [1.82, 2.24) is 4.98 Å². The fourth-order valence-electron chi connectivity index (χ4n) is 1.32. The molecule has 0 atom stereocenters. The first kappa shape index (κ1) is 13.7. The first-order valence-corrected chi connectivity index (χ1v) is 5.51. The number of aromatic nitrogens is 1. The van der Waals surface area contributed by atoms with Crippen LogP contribution in [0.15, 0.2) is 18.2 Å². The second-order valence-electron chi connectivity index (χ2n) is 3.82. The van der Waals surface area contributed by atoms with E-state index in [0.29, 0.717) is 11.6 Å². The molecule has 0 spiro atoms. The second kappa shape index (κ2) is 6.39. The minimum Gasteiger partial charge on any atom is -0.394 e. The van der Waals surface area contributed by atoms with Crippen molar-refractivity contribution in [3.05, 3.63) is 18.2 Å². The first-order valence-electron chi connectivity index (χ1n) is 5.51. The molecule has 0 aliphatic heterocycles. The van der Waals surface area contributed by atoms with Crippen LogP contribution >= 0.6 is 0 Å². The standard InChI is InChI=1S/C11H19N3O3/c1-2-12-9-4-3-5-10(13-9)14-11(6-15,7-16)8-17/h3-5,15-17H,2,6-8H2,1H3,(H2,12,13,14). The molecule has 0 bridgehead atoms. The maximum atomic E-state index is 9.18. The third-order valence-corrected chi connectivity index (χ3v) is 2.41. The highest BCUT2D eigenvalue weighted by atomic mass is 16.3. The zero-order chi connectivity index (χ0) is 12.7. The van der Waals surface area contributed by atoms with E-state index in [0.717, 1.165) is 6.54 Å². The van der Waals surface area contributed by atoms with Crippen LogP contribution < -0.4 is 10.6 Å². The van der Waals surface area contributed by atoms with E-state index in [9.17, 15) is 15.3 Å². The van der Waals surface area contributed by atoms with E-state index in [1.807, 2.05) is 13.0 Å². The lowest BCUT2D eigenvalue weighted by molar-refractivity contribution is 0.0831. The summed E-state index contributed by atoms with van der Waals surface area (Å²) in [4.78, 5) is 4.24. The van der Waals surface area contributed by atoms with Crippen molar-refractivity contribution >= 4 is 11.6 Å². The van der Waals surface area contributed by atoms with E-state index in [2.05, 4.69) is 15.6 Å². The maximum absolute atomic E-state index is 9.18. The maximum Gasteiger partial charge on any atom is 0.129 e. The third kappa shape index (κ3) is 3.55. The van der Waals surface area contributed by atoms with Crippen molar-refractivity contribution in [2.24, 2.45) is 0 Å². The molecule has 0 saturated carbocycles. The Hall–Kier alpha value is -1.37. The molecular weight excluding hydrogens is 222 g/mol. The van der Waals surface area contributed by atoms with Crippen molar-refractivity contribution in [2.45, 2.75) is 12.5 Å². The Morgan fingerprint density at radius 2 is 1.71 bits per heavy atom. The number of anilines is 2. The lowest BCUT2D eigenvalue weighted by Gasteiger charge is -2.29. The lowest BCUT2D eigenvalue weighted by Crippen LogP contribution is -2.49. The topological polar surface area (TPSA) is 97.6 Å². The zero-order valence-electron chi connectivity index (χ0n) is 9.85. The van der Waals surface area contributed by atoms with E-state index < -0.39 is 5.54 Å². The molecule has 0 radical (unpaired) electrons. The minimum atomic E-state index is -1.15. The van der Waals surface area contributed by atoms with Gasteiger partial charge in [-0.25, -0.2) is 4.98 Å². The normalized spacial score (nSPS) is 11.3. The molecule has 0 unspecified atom stereocenters. The molecule has 0 amide bonds. The largest absolute Gasteiger partial charge is 0.394 e. The molecular formula is C11H19N3O3. The van der Waals surface area contributed by atoms with Crippen LogP contribution in [0.1, 0.15) is 6.92 Å². The van der Waals surface area contributed by atoms with Crippen LogP contribution in [-0.4, -0.2) is 52.2 Å². The summed E-state index contributed by atoms with van der Waals surface area (Å²) in [6, 6.07) is 5.31. The average Bonchev–Trinajstić information content (AvgIpc) is 2.37. The van der Waals surface area contributed by atoms with Gasteiger partial charge in [0.05, 0.1) is 19.8 Å². The van der Waals surface area contributed by atoms with Gasteiger partial charge in [-0.2, -0.15) is 0 Å².